The molecule has 6 N–H and O–H groups in total. The summed E-state index contributed by atoms with van der Waals surface area (Å²) < 4.78 is 0. The van der Waals surface area contributed by atoms with Crippen LogP contribution in [0.5, 0.6) is 0 Å². The average Bonchev–Trinajstić information content (AvgIpc) is 3.60. The Morgan fingerprint density at radius 1 is 0.774 bits per heavy atom. The van der Waals surface area contributed by atoms with Gasteiger partial charge in [0.2, 0.25) is 5.91 Å². The van der Waals surface area contributed by atoms with E-state index in [9.17, 15) is 34.4 Å². The fourth-order valence-electron chi connectivity index (χ4n) is 9.23. The molecular weight excluding hydrogens is 676 g/mol. The number of amides is 5. The standard InChI is InChI=1S/C40H44N6O7/c1-45(52)38(50)28-13-29(39(51)46(2)53)15-30(14-28)44-37(49)33(26-6-4-3-5-7-26)21-42-35(47)31-16-27-8-9-41-34(27)17-32(31)36(48)43-22-40-18-23-10-24(19-40)12-25(11-23)20-40/h3-9,13-17,23-25,33,41,52-53H,10-12,18-22H2,1-2H3,(H,42,47)(H,43,48)(H,44,49). The van der Waals surface area contributed by atoms with Gasteiger partial charge in [-0.05, 0) is 104 Å². The molecular formula is C40H44N6O7. The number of anilines is 1. The highest BCUT2D eigenvalue weighted by molar-refractivity contribution is 6.10. The first-order chi connectivity index (χ1) is 25.4. The van der Waals surface area contributed by atoms with Gasteiger partial charge in [-0.3, -0.25) is 34.4 Å². The van der Waals surface area contributed by atoms with E-state index in [0.717, 1.165) is 62.0 Å². The second-order valence-corrected chi connectivity index (χ2v) is 15.2. The van der Waals surface area contributed by atoms with Gasteiger partial charge in [-0.2, -0.15) is 0 Å². The lowest BCUT2D eigenvalue weighted by atomic mass is 9.49. The van der Waals surface area contributed by atoms with Gasteiger partial charge < -0.3 is 20.9 Å². The number of carbonyl (C=O) groups is 5. The fourth-order valence-corrected chi connectivity index (χ4v) is 9.23. The largest absolute Gasteiger partial charge is 0.361 e. The molecule has 4 saturated carbocycles. The summed E-state index contributed by atoms with van der Waals surface area (Å²) in [4.78, 5) is 70.2. The van der Waals surface area contributed by atoms with Gasteiger partial charge in [-0.15, -0.1) is 0 Å². The number of hydrogen-bond acceptors (Lipinski definition) is 7. The van der Waals surface area contributed by atoms with Crippen molar-refractivity contribution in [3.63, 3.8) is 0 Å². The molecule has 4 aliphatic rings. The van der Waals surface area contributed by atoms with E-state index >= 15 is 0 Å². The molecule has 1 unspecified atom stereocenters. The van der Waals surface area contributed by atoms with Gasteiger partial charge in [-0.25, -0.2) is 10.1 Å². The number of carbonyl (C=O) groups excluding carboxylic acids is 5. The van der Waals surface area contributed by atoms with Crippen LogP contribution in [0.4, 0.5) is 5.69 Å². The first-order valence-corrected chi connectivity index (χ1v) is 18.0. The zero-order chi connectivity index (χ0) is 37.4. The number of nitrogens with zero attached hydrogens (tertiary/aromatic N) is 2. The Labute approximate surface area is 306 Å². The minimum atomic E-state index is -0.941. The molecule has 0 radical (unpaired) electrons. The van der Waals surface area contributed by atoms with E-state index < -0.39 is 29.5 Å². The molecule has 0 spiro atoms. The highest BCUT2D eigenvalue weighted by atomic mass is 16.5. The molecule has 13 heteroatoms. The number of rotatable bonds is 11. The van der Waals surface area contributed by atoms with Crippen LogP contribution in [0.1, 0.15) is 91.4 Å². The van der Waals surface area contributed by atoms with Crippen LogP contribution >= 0.6 is 0 Å². The number of fused-ring (bicyclic) bond motifs is 1. The first kappa shape index (κ1) is 35.9. The molecule has 0 aliphatic heterocycles. The molecule has 8 rings (SSSR count). The van der Waals surface area contributed by atoms with Crippen LogP contribution in [0.3, 0.4) is 0 Å². The van der Waals surface area contributed by atoms with Crippen molar-refractivity contribution >= 4 is 46.1 Å². The molecule has 4 bridgehead atoms. The second-order valence-electron chi connectivity index (χ2n) is 15.2. The van der Waals surface area contributed by atoms with Gasteiger partial charge in [0.25, 0.3) is 23.6 Å². The Bertz CT molecular complexity index is 2000. The molecule has 1 aromatic heterocycles. The quantitative estimate of drug-likeness (QED) is 0.0910. The molecule has 0 saturated heterocycles. The van der Waals surface area contributed by atoms with E-state index in [2.05, 4.69) is 20.9 Å². The maximum atomic E-state index is 14.0. The van der Waals surface area contributed by atoms with Gasteiger partial charge in [0.15, 0.2) is 0 Å². The summed E-state index contributed by atoms with van der Waals surface area (Å²) in [7, 11) is 2.24. The normalized spacial score (nSPS) is 21.8. The monoisotopic (exact) mass is 720 g/mol. The van der Waals surface area contributed by atoms with Crippen molar-refractivity contribution in [2.45, 2.75) is 44.4 Å². The molecule has 5 amide bonds. The molecule has 4 fully saturated rings. The predicted octanol–water partition coefficient (Wildman–Crippen LogP) is 5.19. The van der Waals surface area contributed by atoms with Crippen LogP contribution in [0.2, 0.25) is 0 Å². The van der Waals surface area contributed by atoms with E-state index in [1.54, 1.807) is 48.7 Å². The molecule has 53 heavy (non-hydrogen) atoms. The van der Waals surface area contributed by atoms with E-state index in [-0.39, 0.29) is 45.8 Å². The van der Waals surface area contributed by atoms with Crippen molar-refractivity contribution in [3.8, 4) is 0 Å². The van der Waals surface area contributed by atoms with Crippen molar-refractivity contribution in [1.82, 2.24) is 25.7 Å². The third-order valence-electron chi connectivity index (χ3n) is 11.2. The predicted molar refractivity (Wildman–Crippen MR) is 196 cm³/mol. The Morgan fingerprint density at radius 2 is 1.34 bits per heavy atom. The van der Waals surface area contributed by atoms with Gasteiger partial charge in [0.1, 0.15) is 0 Å². The topological polar surface area (TPSA) is 184 Å². The van der Waals surface area contributed by atoms with Gasteiger partial charge in [-0.1, -0.05) is 30.3 Å². The smallest absolute Gasteiger partial charge is 0.277 e. The summed E-state index contributed by atoms with van der Waals surface area (Å²) in [6.45, 7) is 0.427. The van der Waals surface area contributed by atoms with E-state index in [0.29, 0.717) is 22.2 Å². The SMILES string of the molecule is CN(O)C(=O)c1cc(NC(=O)C(CNC(=O)c2cc3cc[nH]c3cc2C(=O)NCC23CC4CC(CC(C4)C2)C3)c2ccccc2)cc(C(=O)N(C)O)c1. The van der Waals surface area contributed by atoms with Crippen LogP contribution in [0, 0.1) is 23.2 Å². The van der Waals surface area contributed by atoms with Crippen molar-refractivity contribution in [2.24, 2.45) is 23.2 Å². The molecule has 276 valence electrons. The lowest BCUT2D eigenvalue weighted by Gasteiger charge is -2.56. The van der Waals surface area contributed by atoms with E-state index in [1.807, 2.05) is 6.07 Å². The molecule has 4 aromatic rings. The highest BCUT2D eigenvalue weighted by Crippen LogP contribution is 2.59. The van der Waals surface area contributed by atoms with Gasteiger partial charge in [0.05, 0.1) is 17.0 Å². The second kappa shape index (κ2) is 14.5. The van der Waals surface area contributed by atoms with Crippen molar-refractivity contribution in [2.75, 3.05) is 32.5 Å². The maximum absolute atomic E-state index is 14.0. The van der Waals surface area contributed by atoms with Gasteiger partial charge >= 0.3 is 0 Å². The molecule has 1 heterocycles. The summed E-state index contributed by atoms with van der Waals surface area (Å²) in [6, 6.07) is 17.8. The summed E-state index contributed by atoms with van der Waals surface area (Å²) in [5.74, 6) is -1.83. The number of hydroxylamine groups is 4. The van der Waals surface area contributed by atoms with Gasteiger partial charge in [0, 0.05) is 61.1 Å². The van der Waals surface area contributed by atoms with Crippen LogP contribution in [-0.2, 0) is 4.79 Å². The third-order valence-corrected chi connectivity index (χ3v) is 11.2. The maximum Gasteiger partial charge on any atom is 0.277 e. The van der Waals surface area contributed by atoms with Crippen molar-refractivity contribution in [3.05, 3.63) is 101 Å². The zero-order valence-electron chi connectivity index (χ0n) is 29.7. The third kappa shape index (κ3) is 7.53. The van der Waals surface area contributed by atoms with Crippen molar-refractivity contribution in [1.29, 1.82) is 0 Å². The summed E-state index contributed by atoms with van der Waals surface area (Å²) >= 11 is 0. The summed E-state index contributed by atoms with van der Waals surface area (Å²) in [5.41, 5.74) is 1.66. The van der Waals surface area contributed by atoms with Crippen LogP contribution in [0.15, 0.2) is 72.9 Å². The zero-order valence-corrected chi connectivity index (χ0v) is 29.7. The number of H-pyrrole nitrogens is 1. The summed E-state index contributed by atoms with van der Waals surface area (Å²) in [6.07, 6.45) is 9.08. The number of aromatic amines is 1. The van der Waals surface area contributed by atoms with Crippen molar-refractivity contribution < 1.29 is 34.4 Å². The van der Waals surface area contributed by atoms with E-state index in [4.69, 9.17) is 0 Å². The number of benzene rings is 3. The highest BCUT2D eigenvalue weighted by Gasteiger charge is 2.50. The molecule has 1 atom stereocenters. The lowest BCUT2D eigenvalue weighted by Crippen LogP contribution is -2.51. The van der Waals surface area contributed by atoms with Crippen LogP contribution in [0.25, 0.3) is 10.9 Å². The molecule has 13 nitrogen and oxygen atoms in total. The van der Waals surface area contributed by atoms with Crippen LogP contribution in [-0.4, -0.2) is 82.2 Å². The summed E-state index contributed by atoms with van der Waals surface area (Å²) in [5, 5.41) is 29.8. The minimum Gasteiger partial charge on any atom is -0.361 e. The Hall–Kier alpha value is -5.53. The Kier molecular flexibility index (Phi) is 9.79. The average molecular weight is 721 g/mol. The Morgan fingerprint density at radius 3 is 1.92 bits per heavy atom. The minimum absolute atomic E-state index is 0.0519. The first-order valence-electron chi connectivity index (χ1n) is 18.0. The molecule has 4 aliphatic carbocycles. The number of aromatic nitrogens is 1. The Balaban J connectivity index is 1.11. The molecule has 3 aromatic carbocycles. The lowest BCUT2D eigenvalue weighted by molar-refractivity contribution is -0.117. The van der Waals surface area contributed by atoms with Crippen LogP contribution < -0.4 is 16.0 Å². The number of nitrogens with one attached hydrogen (secondary N) is 4. The number of hydrogen-bond donors (Lipinski definition) is 6. The fraction of sp³-hybridized carbons (Fsp3) is 0.375. The van der Waals surface area contributed by atoms with E-state index in [1.165, 1.54) is 37.5 Å².